The number of hydrogen-bond donors (Lipinski definition) is 4. The number of sulfone groups is 1. The third kappa shape index (κ3) is 5.69. The fraction of sp³-hybridized carbons (Fsp3) is 0.0714. The Morgan fingerprint density at radius 1 is 0.902 bits per heavy atom. The zero-order valence-corrected chi connectivity index (χ0v) is 22.8. The molecule has 208 valence electrons. The third-order valence-corrected chi connectivity index (χ3v) is 8.24. The molecule has 1 heterocycles. The zero-order valence-electron chi connectivity index (χ0n) is 21.2. The van der Waals surface area contributed by atoms with Gasteiger partial charge in [-0.2, -0.15) is 15.4 Å². The van der Waals surface area contributed by atoms with Crippen LogP contribution in [0.4, 0.5) is 5.69 Å². The Bertz CT molecular complexity index is 1890. The number of fused-ring (bicyclic) bond motifs is 1. The molecule has 41 heavy (non-hydrogen) atoms. The van der Waals surface area contributed by atoms with Crippen LogP contribution in [0.5, 0.6) is 17.2 Å². The number of phenols is 2. The first-order chi connectivity index (χ1) is 19.5. The minimum atomic E-state index is -3.83. The number of anilines is 1. The molecule has 4 N–H and O–H groups in total. The molecule has 0 saturated carbocycles. The number of aromatic amines is 1. The van der Waals surface area contributed by atoms with Gasteiger partial charge >= 0.3 is 0 Å². The third-order valence-electron chi connectivity index (χ3n) is 6.14. The average Bonchev–Trinajstić information content (AvgIpc) is 3.43. The minimum Gasteiger partial charge on any atom is -0.508 e. The molecule has 5 aromatic rings. The molecule has 0 aliphatic heterocycles. The van der Waals surface area contributed by atoms with E-state index in [1.54, 1.807) is 12.1 Å². The standard InChI is InChI=1S/C28H21ClN4O7S/c1-15(40-18-5-9-20(10-6-18)41(38,39)19-7-3-17(34)4-8-19)27(36)21-13-22(29)24(14-26(21)35)30-28(37)16-2-11-23-25(12-16)32-33-31-23/h2-15,34-35H,1H3,(H,30,37)(H,31,32,33). The van der Waals surface area contributed by atoms with Crippen LogP contribution >= 0.6 is 11.6 Å². The van der Waals surface area contributed by atoms with Crippen molar-refractivity contribution in [2.45, 2.75) is 22.8 Å². The van der Waals surface area contributed by atoms with Crippen LogP contribution in [-0.2, 0) is 9.84 Å². The number of halogens is 1. The van der Waals surface area contributed by atoms with Crippen LogP contribution in [0.3, 0.4) is 0 Å². The van der Waals surface area contributed by atoms with Crippen molar-refractivity contribution in [3.63, 3.8) is 0 Å². The predicted molar refractivity (Wildman–Crippen MR) is 149 cm³/mol. The largest absolute Gasteiger partial charge is 0.508 e. The van der Waals surface area contributed by atoms with Crippen molar-refractivity contribution in [3.05, 3.63) is 95.0 Å². The van der Waals surface area contributed by atoms with E-state index in [2.05, 4.69) is 20.7 Å². The number of Topliss-reactive ketones (excluding diaryl/α,β-unsaturated/α-hetero) is 1. The number of aromatic hydroxyl groups is 2. The number of benzene rings is 4. The topological polar surface area (TPSA) is 172 Å². The normalized spacial score (nSPS) is 12.1. The van der Waals surface area contributed by atoms with Crippen molar-refractivity contribution in [3.8, 4) is 17.2 Å². The quantitative estimate of drug-likeness (QED) is 0.185. The maximum absolute atomic E-state index is 13.1. The van der Waals surface area contributed by atoms with E-state index in [-0.39, 0.29) is 43.1 Å². The van der Waals surface area contributed by atoms with Gasteiger partial charge in [-0.15, -0.1) is 0 Å². The maximum atomic E-state index is 13.1. The summed E-state index contributed by atoms with van der Waals surface area (Å²) in [5, 5.41) is 32.9. The molecule has 0 saturated heterocycles. The van der Waals surface area contributed by atoms with Gasteiger partial charge in [-0.3, -0.25) is 9.59 Å². The van der Waals surface area contributed by atoms with E-state index in [1.807, 2.05) is 0 Å². The Labute approximate surface area is 238 Å². The fourth-order valence-corrected chi connectivity index (χ4v) is 5.44. The molecule has 13 heteroatoms. The highest BCUT2D eigenvalue weighted by molar-refractivity contribution is 7.91. The molecule has 1 unspecified atom stereocenters. The van der Waals surface area contributed by atoms with Gasteiger partial charge in [0.15, 0.2) is 6.10 Å². The molecule has 1 aromatic heterocycles. The van der Waals surface area contributed by atoms with E-state index >= 15 is 0 Å². The van der Waals surface area contributed by atoms with Crippen molar-refractivity contribution in [2.24, 2.45) is 0 Å². The number of carbonyl (C=O) groups is 2. The number of ketones is 1. The number of H-pyrrole nitrogens is 1. The van der Waals surface area contributed by atoms with Gasteiger partial charge in [-0.25, -0.2) is 8.42 Å². The lowest BCUT2D eigenvalue weighted by atomic mass is 10.0. The number of nitrogens with zero attached hydrogens (tertiary/aromatic N) is 2. The molecule has 1 amide bonds. The van der Waals surface area contributed by atoms with Crippen molar-refractivity contribution < 1.29 is 33.0 Å². The maximum Gasteiger partial charge on any atom is 0.255 e. The molecule has 0 fully saturated rings. The highest BCUT2D eigenvalue weighted by Gasteiger charge is 2.24. The van der Waals surface area contributed by atoms with Crippen molar-refractivity contribution >= 4 is 49.8 Å². The highest BCUT2D eigenvalue weighted by Crippen LogP contribution is 2.32. The van der Waals surface area contributed by atoms with E-state index in [1.165, 1.54) is 67.6 Å². The minimum absolute atomic E-state index is 0.00229. The van der Waals surface area contributed by atoms with Gasteiger partial charge in [0.1, 0.15) is 28.3 Å². The smallest absolute Gasteiger partial charge is 0.255 e. The van der Waals surface area contributed by atoms with Gasteiger partial charge < -0.3 is 20.3 Å². The number of rotatable bonds is 8. The first-order valence-corrected chi connectivity index (χ1v) is 13.9. The molecular formula is C28H21ClN4O7S. The Morgan fingerprint density at radius 3 is 2.22 bits per heavy atom. The first-order valence-electron chi connectivity index (χ1n) is 12.0. The fourth-order valence-electron chi connectivity index (χ4n) is 3.97. The summed E-state index contributed by atoms with van der Waals surface area (Å²) < 4.78 is 31.3. The van der Waals surface area contributed by atoms with Gasteiger partial charge in [0.2, 0.25) is 15.6 Å². The number of nitrogens with one attached hydrogen (secondary N) is 2. The van der Waals surface area contributed by atoms with E-state index in [4.69, 9.17) is 16.3 Å². The molecule has 5 rings (SSSR count). The molecule has 0 radical (unpaired) electrons. The van der Waals surface area contributed by atoms with Crippen molar-refractivity contribution in [1.29, 1.82) is 0 Å². The van der Waals surface area contributed by atoms with Crippen LogP contribution in [0.15, 0.2) is 88.7 Å². The highest BCUT2D eigenvalue weighted by atomic mass is 35.5. The second kappa shape index (κ2) is 10.9. The van der Waals surface area contributed by atoms with E-state index in [0.717, 1.165) is 6.07 Å². The summed E-state index contributed by atoms with van der Waals surface area (Å²) in [5.41, 5.74) is 1.33. The number of aromatic nitrogens is 3. The molecule has 11 nitrogen and oxygen atoms in total. The van der Waals surface area contributed by atoms with Gasteiger partial charge in [-0.05, 0) is 79.7 Å². The predicted octanol–water partition coefficient (Wildman–Crippen LogP) is 4.76. The van der Waals surface area contributed by atoms with Crippen LogP contribution in [0.2, 0.25) is 5.02 Å². The Balaban J connectivity index is 1.27. The van der Waals surface area contributed by atoms with Crippen LogP contribution < -0.4 is 10.1 Å². The summed E-state index contributed by atoms with van der Waals surface area (Å²) in [6.07, 6.45) is -1.08. The first kappa shape index (κ1) is 27.6. The molecule has 0 aliphatic rings. The Kier molecular flexibility index (Phi) is 7.35. The summed E-state index contributed by atoms with van der Waals surface area (Å²) >= 11 is 6.32. The second-order valence-electron chi connectivity index (χ2n) is 8.92. The lowest BCUT2D eigenvalue weighted by molar-refractivity contribution is 0.0815. The van der Waals surface area contributed by atoms with Gasteiger partial charge in [0.25, 0.3) is 5.91 Å². The molecule has 1 atom stereocenters. The number of phenolic OH excluding ortho intramolecular Hbond substituents is 2. The number of amides is 1. The summed E-state index contributed by atoms with van der Waals surface area (Å²) in [7, 11) is -3.83. The lowest BCUT2D eigenvalue weighted by Crippen LogP contribution is -2.24. The van der Waals surface area contributed by atoms with E-state index in [9.17, 15) is 28.2 Å². The summed E-state index contributed by atoms with van der Waals surface area (Å²) in [6, 6.07) is 17.7. The summed E-state index contributed by atoms with van der Waals surface area (Å²) in [6.45, 7) is 1.46. The number of carbonyl (C=O) groups excluding carboxylic acids is 2. The number of ether oxygens (including phenoxy) is 1. The SMILES string of the molecule is CC(Oc1ccc(S(=O)(=O)c2ccc(O)cc2)cc1)C(=O)c1cc(Cl)c(NC(=O)c2ccc3n[nH]nc3c2)cc1O. The molecule has 4 aromatic carbocycles. The zero-order chi connectivity index (χ0) is 29.3. The van der Waals surface area contributed by atoms with Crippen LogP contribution in [0.1, 0.15) is 27.6 Å². The second-order valence-corrected chi connectivity index (χ2v) is 11.3. The molecule has 0 bridgehead atoms. The van der Waals surface area contributed by atoms with E-state index in [0.29, 0.717) is 11.0 Å². The average molecular weight is 593 g/mol. The van der Waals surface area contributed by atoms with Gasteiger partial charge in [0.05, 0.1) is 26.1 Å². The number of hydrogen-bond acceptors (Lipinski definition) is 9. The van der Waals surface area contributed by atoms with Crippen LogP contribution in [0, 0.1) is 0 Å². The Hall–Kier alpha value is -4.94. The monoisotopic (exact) mass is 592 g/mol. The Morgan fingerprint density at radius 2 is 1.54 bits per heavy atom. The molecule has 0 aliphatic carbocycles. The molecular weight excluding hydrogens is 572 g/mol. The van der Waals surface area contributed by atoms with Crippen LogP contribution in [0.25, 0.3) is 11.0 Å². The van der Waals surface area contributed by atoms with Crippen LogP contribution in [-0.4, -0.2) is 51.8 Å². The van der Waals surface area contributed by atoms with Crippen molar-refractivity contribution in [2.75, 3.05) is 5.32 Å². The lowest BCUT2D eigenvalue weighted by Gasteiger charge is -2.16. The van der Waals surface area contributed by atoms with Gasteiger partial charge in [0, 0.05) is 11.6 Å². The summed E-state index contributed by atoms with van der Waals surface area (Å²) in [4.78, 5) is 25.8. The van der Waals surface area contributed by atoms with Gasteiger partial charge in [-0.1, -0.05) is 11.6 Å². The van der Waals surface area contributed by atoms with Crippen molar-refractivity contribution in [1.82, 2.24) is 15.4 Å². The van der Waals surface area contributed by atoms with E-state index < -0.39 is 33.4 Å². The molecule has 0 spiro atoms. The summed E-state index contributed by atoms with van der Waals surface area (Å²) in [5.74, 6) is -1.37.